The fourth-order valence-electron chi connectivity index (χ4n) is 7.05. The summed E-state index contributed by atoms with van der Waals surface area (Å²) in [4.78, 5) is 29.9. The van der Waals surface area contributed by atoms with Gasteiger partial charge in [-0.15, -0.1) is 0 Å². The summed E-state index contributed by atoms with van der Waals surface area (Å²) in [5.41, 5.74) is 3.18. The topological polar surface area (TPSA) is 83.1 Å². The Morgan fingerprint density at radius 2 is 1.02 bits per heavy atom. The Balaban J connectivity index is 1.36. The van der Waals surface area contributed by atoms with Gasteiger partial charge in [0.05, 0.1) is 12.1 Å². The van der Waals surface area contributed by atoms with Crippen molar-refractivity contribution >= 4 is 45.1 Å². The van der Waals surface area contributed by atoms with Gasteiger partial charge in [-0.05, 0) is 101 Å². The molecule has 0 spiro atoms. The fraction of sp³-hybridized carbons (Fsp3) is 0.450. The number of amides is 2. The highest BCUT2D eigenvalue weighted by Crippen LogP contribution is 2.44. The number of anilines is 2. The number of ether oxygens (including phenoxy) is 2. The van der Waals surface area contributed by atoms with E-state index in [1.54, 1.807) is 0 Å². The highest BCUT2D eigenvalue weighted by Gasteiger charge is 2.34. The van der Waals surface area contributed by atoms with Crippen molar-refractivity contribution in [3.63, 3.8) is 0 Å². The van der Waals surface area contributed by atoms with Crippen LogP contribution in [0.15, 0.2) is 72.8 Å². The van der Waals surface area contributed by atoms with E-state index in [2.05, 4.69) is 83.4 Å². The van der Waals surface area contributed by atoms with Gasteiger partial charge in [0.25, 0.3) is 0 Å². The van der Waals surface area contributed by atoms with E-state index in [0.29, 0.717) is 26.2 Å². The molecular formula is C40H50N4O4. The summed E-state index contributed by atoms with van der Waals surface area (Å²) in [5, 5.41) is 12.2. The Morgan fingerprint density at radius 3 is 1.42 bits per heavy atom. The Morgan fingerprint density at radius 1 is 0.625 bits per heavy atom. The maximum atomic E-state index is 13.1. The van der Waals surface area contributed by atoms with Crippen molar-refractivity contribution < 1.29 is 19.1 Å². The number of benzene rings is 4. The summed E-state index contributed by atoms with van der Waals surface area (Å²) in [6.45, 7) is 14.1. The van der Waals surface area contributed by atoms with Gasteiger partial charge in [0.2, 0.25) is 0 Å². The maximum absolute atomic E-state index is 13.1. The van der Waals surface area contributed by atoms with Gasteiger partial charge in [0.1, 0.15) is 11.2 Å². The molecule has 0 unspecified atom stereocenters. The van der Waals surface area contributed by atoms with E-state index in [1.165, 1.54) is 0 Å². The zero-order valence-corrected chi connectivity index (χ0v) is 29.3. The predicted octanol–water partition coefficient (Wildman–Crippen LogP) is 9.28. The molecule has 0 aliphatic carbocycles. The summed E-state index contributed by atoms with van der Waals surface area (Å²) < 4.78 is 11.5. The van der Waals surface area contributed by atoms with Crippen molar-refractivity contribution in [1.29, 1.82) is 0 Å². The van der Waals surface area contributed by atoms with Crippen LogP contribution in [0.2, 0.25) is 0 Å². The van der Waals surface area contributed by atoms with Gasteiger partial charge < -0.3 is 29.9 Å². The Hall–Kier alpha value is -4.46. The van der Waals surface area contributed by atoms with E-state index in [4.69, 9.17) is 9.47 Å². The van der Waals surface area contributed by atoms with Crippen LogP contribution >= 0.6 is 0 Å². The van der Waals surface area contributed by atoms with Crippen LogP contribution in [0.4, 0.5) is 21.0 Å². The molecule has 4 aromatic rings. The van der Waals surface area contributed by atoms with Gasteiger partial charge in [-0.2, -0.15) is 0 Å². The van der Waals surface area contributed by atoms with Crippen LogP contribution in [-0.2, 0) is 9.47 Å². The lowest BCUT2D eigenvalue weighted by molar-refractivity contribution is 0.0224. The molecule has 254 valence electrons. The molecule has 8 heteroatoms. The second kappa shape index (κ2) is 13.6. The molecule has 2 N–H and O–H groups in total. The first-order chi connectivity index (χ1) is 22.9. The first kappa shape index (κ1) is 33.4. The van der Waals surface area contributed by atoms with Crippen molar-refractivity contribution in [2.75, 3.05) is 36.8 Å². The van der Waals surface area contributed by atoms with Crippen molar-refractivity contribution in [1.82, 2.24) is 9.80 Å². The van der Waals surface area contributed by atoms with Gasteiger partial charge in [0, 0.05) is 48.7 Å². The van der Waals surface area contributed by atoms with Gasteiger partial charge in [-0.1, -0.05) is 60.7 Å². The molecular weight excluding hydrogens is 600 g/mol. The first-order valence-corrected chi connectivity index (χ1v) is 17.4. The smallest absolute Gasteiger partial charge is 0.410 e. The first-order valence-electron chi connectivity index (χ1n) is 17.4. The summed E-state index contributed by atoms with van der Waals surface area (Å²) in [6.07, 6.45) is 3.25. The third-order valence-electron chi connectivity index (χ3n) is 9.17. The molecule has 2 atom stereocenters. The number of carbonyl (C=O) groups is 2. The van der Waals surface area contributed by atoms with Crippen LogP contribution in [-0.4, -0.2) is 71.5 Å². The van der Waals surface area contributed by atoms with Crippen LogP contribution in [0.5, 0.6) is 0 Å². The molecule has 48 heavy (non-hydrogen) atoms. The molecule has 2 fully saturated rings. The molecule has 2 aliphatic rings. The lowest BCUT2D eigenvalue weighted by Crippen LogP contribution is -2.42. The van der Waals surface area contributed by atoms with E-state index >= 15 is 0 Å². The molecule has 2 aliphatic heterocycles. The van der Waals surface area contributed by atoms with Gasteiger partial charge in [-0.3, -0.25) is 0 Å². The standard InChI is InChI=1S/C40H50N4O4/c1-39(2,3)47-37(45)43-23-11-15-29(43)25-41-33-21-19-27-13-7-9-17-31(27)35(33)36-32-18-10-8-14-28(32)20-22-34(36)42-26-30-16-12-24-44(30)38(46)48-40(4,5)6/h7-10,13-14,17-22,29-30,41-42H,11-12,15-16,23-26H2,1-6H3/t29-,30-/m0/s1. The quantitative estimate of drug-likeness (QED) is 0.207. The molecule has 2 saturated heterocycles. The number of rotatable bonds is 7. The van der Waals surface area contributed by atoms with E-state index in [9.17, 15) is 9.59 Å². The molecule has 0 radical (unpaired) electrons. The average molecular weight is 651 g/mol. The normalized spacial score (nSPS) is 18.4. The number of carbonyl (C=O) groups excluding carboxylic acids is 2. The number of likely N-dealkylation sites (tertiary alicyclic amines) is 2. The lowest BCUT2D eigenvalue weighted by Gasteiger charge is -2.30. The largest absolute Gasteiger partial charge is 0.444 e. The number of hydrogen-bond donors (Lipinski definition) is 2. The van der Waals surface area contributed by atoms with Crippen LogP contribution in [0.3, 0.4) is 0 Å². The molecule has 0 bridgehead atoms. The zero-order valence-electron chi connectivity index (χ0n) is 29.3. The lowest BCUT2D eigenvalue weighted by atomic mass is 9.90. The van der Waals surface area contributed by atoms with Gasteiger partial charge >= 0.3 is 12.2 Å². The van der Waals surface area contributed by atoms with Crippen LogP contribution in [0, 0.1) is 0 Å². The Bertz CT molecular complexity index is 1660. The van der Waals surface area contributed by atoms with Crippen LogP contribution in [0.1, 0.15) is 67.2 Å². The van der Waals surface area contributed by atoms with Crippen molar-refractivity contribution in [3.05, 3.63) is 72.8 Å². The summed E-state index contributed by atoms with van der Waals surface area (Å²) in [5.74, 6) is 0. The molecule has 8 nitrogen and oxygen atoms in total. The van der Waals surface area contributed by atoms with E-state index in [-0.39, 0.29) is 24.3 Å². The summed E-state index contributed by atoms with van der Waals surface area (Å²) >= 11 is 0. The van der Waals surface area contributed by atoms with Gasteiger partial charge in [-0.25, -0.2) is 9.59 Å². The average Bonchev–Trinajstić information content (AvgIpc) is 3.71. The summed E-state index contributed by atoms with van der Waals surface area (Å²) in [6, 6.07) is 25.7. The number of nitrogens with zero attached hydrogens (tertiary/aromatic N) is 2. The van der Waals surface area contributed by atoms with E-state index in [0.717, 1.165) is 69.7 Å². The third kappa shape index (κ3) is 7.48. The number of nitrogens with one attached hydrogen (secondary N) is 2. The molecule has 2 amide bonds. The molecule has 0 aromatic heterocycles. The number of hydrogen-bond acceptors (Lipinski definition) is 6. The van der Waals surface area contributed by atoms with Crippen molar-refractivity contribution in [3.8, 4) is 11.1 Å². The Kier molecular flexibility index (Phi) is 9.46. The second-order valence-corrected chi connectivity index (χ2v) is 15.1. The van der Waals surface area contributed by atoms with E-state index in [1.807, 2.05) is 51.3 Å². The van der Waals surface area contributed by atoms with E-state index < -0.39 is 11.2 Å². The minimum atomic E-state index is -0.538. The minimum Gasteiger partial charge on any atom is -0.444 e. The predicted molar refractivity (Wildman–Crippen MR) is 196 cm³/mol. The van der Waals surface area contributed by atoms with Gasteiger partial charge in [0.15, 0.2) is 0 Å². The monoisotopic (exact) mass is 650 g/mol. The number of fused-ring (bicyclic) bond motifs is 2. The Labute approximate surface area is 284 Å². The fourth-order valence-corrected chi connectivity index (χ4v) is 7.05. The SMILES string of the molecule is CC(C)(C)OC(=O)N1CCC[C@H]1CNc1ccc2ccccc2c1-c1c(NC[C@@H]2CCCN2C(=O)OC(C)(C)C)ccc2ccccc12. The van der Waals surface area contributed by atoms with Crippen LogP contribution < -0.4 is 10.6 Å². The molecule has 6 rings (SSSR count). The molecule has 4 aromatic carbocycles. The molecule has 2 heterocycles. The highest BCUT2D eigenvalue weighted by atomic mass is 16.6. The minimum absolute atomic E-state index is 0.0329. The molecule has 0 saturated carbocycles. The van der Waals surface area contributed by atoms with Crippen molar-refractivity contribution in [2.24, 2.45) is 0 Å². The van der Waals surface area contributed by atoms with Crippen LogP contribution in [0.25, 0.3) is 32.7 Å². The zero-order chi connectivity index (χ0) is 34.1. The third-order valence-corrected chi connectivity index (χ3v) is 9.17. The van der Waals surface area contributed by atoms with Crippen molar-refractivity contribution in [2.45, 2.75) is 90.5 Å². The second-order valence-electron chi connectivity index (χ2n) is 15.1. The maximum Gasteiger partial charge on any atom is 0.410 e. The summed E-state index contributed by atoms with van der Waals surface area (Å²) in [7, 11) is 0. The highest BCUT2D eigenvalue weighted by molar-refractivity contribution is 6.13.